The second-order valence-corrected chi connectivity index (χ2v) is 4.12. The molecule has 5 nitrogen and oxygen atoms in total. The van der Waals surface area contributed by atoms with E-state index in [2.05, 4.69) is 15.3 Å². The van der Waals surface area contributed by atoms with Gasteiger partial charge in [-0.15, -0.1) is 0 Å². The van der Waals surface area contributed by atoms with E-state index in [1.165, 1.54) is 6.07 Å². The molecule has 0 aliphatic heterocycles. The van der Waals surface area contributed by atoms with Crippen molar-refractivity contribution in [3.63, 3.8) is 0 Å². The number of rotatable bonds is 6. The Balaban J connectivity index is 2.14. The minimum atomic E-state index is -0.141. The van der Waals surface area contributed by atoms with Crippen LogP contribution in [0.5, 0.6) is 0 Å². The van der Waals surface area contributed by atoms with Gasteiger partial charge in [-0.25, -0.2) is 4.98 Å². The molecule has 0 aliphatic rings. The van der Waals surface area contributed by atoms with Gasteiger partial charge in [0.15, 0.2) is 0 Å². The molecule has 0 saturated heterocycles. The lowest BCUT2D eigenvalue weighted by molar-refractivity contribution is 0.199. The first-order valence-corrected chi connectivity index (χ1v) is 6.15. The second kappa shape index (κ2) is 6.82. The number of aromatic amines is 1. The van der Waals surface area contributed by atoms with Gasteiger partial charge in [-0.3, -0.25) is 4.79 Å². The van der Waals surface area contributed by atoms with Gasteiger partial charge in [-0.05, 0) is 0 Å². The molecule has 0 unspecified atom stereocenters. The van der Waals surface area contributed by atoms with Crippen LogP contribution in [-0.4, -0.2) is 30.2 Å². The predicted molar refractivity (Wildman–Crippen MR) is 73.9 cm³/mol. The minimum Gasteiger partial charge on any atom is -0.383 e. The van der Waals surface area contributed by atoms with E-state index in [9.17, 15) is 4.79 Å². The number of hydrogen-bond acceptors (Lipinski definition) is 4. The van der Waals surface area contributed by atoms with E-state index < -0.39 is 0 Å². The van der Waals surface area contributed by atoms with Crippen molar-refractivity contribution in [2.75, 3.05) is 20.3 Å². The lowest BCUT2D eigenvalue weighted by Crippen LogP contribution is -2.21. The molecule has 100 valence electrons. The molecular formula is C14H17N3O2. The number of nitrogens with one attached hydrogen (secondary N) is 2. The van der Waals surface area contributed by atoms with Gasteiger partial charge in [0.05, 0.1) is 12.3 Å². The van der Waals surface area contributed by atoms with Crippen molar-refractivity contribution >= 4 is 0 Å². The third-order valence-electron chi connectivity index (χ3n) is 2.63. The van der Waals surface area contributed by atoms with Crippen molar-refractivity contribution in [1.82, 2.24) is 15.3 Å². The van der Waals surface area contributed by atoms with Crippen molar-refractivity contribution in [2.24, 2.45) is 0 Å². The highest BCUT2D eigenvalue weighted by atomic mass is 16.5. The molecule has 1 aromatic carbocycles. The molecule has 1 aromatic heterocycles. The van der Waals surface area contributed by atoms with Gasteiger partial charge in [-0.1, -0.05) is 30.3 Å². The van der Waals surface area contributed by atoms with Crippen molar-refractivity contribution in [2.45, 2.75) is 6.54 Å². The van der Waals surface area contributed by atoms with Gasteiger partial charge in [0, 0.05) is 31.8 Å². The number of methoxy groups -OCH3 is 1. The highest BCUT2D eigenvalue weighted by Gasteiger charge is 2.03. The summed E-state index contributed by atoms with van der Waals surface area (Å²) in [4.78, 5) is 18.8. The van der Waals surface area contributed by atoms with E-state index in [-0.39, 0.29) is 5.56 Å². The summed E-state index contributed by atoms with van der Waals surface area (Å²) in [6.07, 6.45) is 0. The van der Waals surface area contributed by atoms with E-state index in [1.807, 2.05) is 30.3 Å². The van der Waals surface area contributed by atoms with Crippen LogP contribution in [0.2, 0.25) is 0 Å². The minimum absolute atomic E-state index is 0.141. The lowest BCUT2D eigenvalue weighted by Gasteiger charge is -2.06. The van der Waals surface area contributed by atoms with Gasteiger partial charge in [0.25, 0.3) is 5.56 Å². The third kappa shape index (κ3) is 4.01. The van der Waals surface area contributed by atoms with Gasteiger partial charge in [-0.2, -0.15) is 0 Å². The Labute approximate surface area is 111 Å². The number of benzene rings is 1. The fourth-order valence-electron chi connectivity index (χ4n) is 1.72. The Morgan fingerprint density at radius 2 is 2.11 bits per heavy atom. The maximum Gasteiger partial charge on any atom is 0.251 e. The SMILES string of the molecule is COCCNCc1cc(=O)[nH]c(-c2ccccc2)n1. The summed E-state index contributed by atoms with van der Waals surface area (Å²) in [6.45, 7) is 1.91. The summed E-state index contributed by atoms with van der Waals surface area (Å²) < 4.78 is 4.95. The summed E-state index contributed by atoms with van der Waals surface area (Å²) >= 11 is 0. The molecule has 0 amide bonds. The zero-order valence-corrected chi connectivity index (χ0v) is 10.8. The lowest BCUT2D eigenvalue weighted by atomic mass is 10.2. The average molecular weight is 259 g/mol. The highest BCUT2D eigenvalue weighted by molar-refractivity contribution is 5.54. The van der Waals surface area contributed by atoms with Gasteiger partial charge < -0.3 is 15.0 Å². The molecule has 19 heavy (non-hydrogen) atoms. The fraction of sp³-hybridized carbons (Fsp3) is 0.286. The van der Waals surface area contributed by atoms with Crippen molar-refractivity contribution in [3.8, 4) is 11.4 Å². The Morgan fingerprint density at radius 1 is 1.32 bits per heavy atom. The maximum absolute atomic E-state index is 11.6. The third-order valence-corrected chi connectivity index (χ3v) is 2.63. The molecule has 2 rings (SSSR count). The van der Waals surface area contributed by atoms with Gasteiger partial charge in [0.1, 0.15) is 5.82 Å². The monoisotopic (exact) mass is 259 g/mol. The summed E-state index contributed by atoms with van der Waals surface area (Å²) in [5.41, 5.74) is 1.48. The number of hydrogen-bond donors (Lipinski definition) is 2. The predicted octanol–water partition coefficient (Wildman–Crippen LogP) is 1.17. The molecule has 0 bridgehead atoms. The Morgan fingerprint density at radius 3 is 2.84 bits per heavy atom. The van der Waals surface area contributed by atoms with Gasteiger partial charge in [0.2, 0.25) is 0 Å². The van der Waals surface area contributed by atoms with E-state index in [0.29, 0.717) is 19.0 Å². The number of nitrogens with zero attached hydrogens (tertiary/aromatic N) is 1. The van der Waals surface area contributed by atoms with Crippen LogP contribution in [-0.2, 0) is 11.3 Å². The van der Waals surface area contributed by atoms with Gasteiger partial charge >= 0.3 is 0 Å². The smallest absolute Gasteiger partial charge is 0.251 e. The van der Waals surface area contributed by atoms with Crippen LogP contribution in [0.25, 0.3) is 11.4 Å². The Kier molecular flexibility index (Phi) is 4.83. The highest BCUT2D eigenvalue weighted by Crippen LogP contribution is 2.12. The number of aromatic nitrogens is 2. The largest absolute Gasteiger partial charge is 0.383 e. The molecule has 0 fully saturated rings. The van der Waals surface area contributed by atoms with Crippen LogP contribution in [0.15, 0.2) is 41.2 Å². The molecule has 0 aliphatic carbocycles. The summed E-state index contributed by atoms with van der Waals surface area (Å²) in [5, 5.41) is 3.17. The fourth-order valence-corrected chi connectivity index (χ4v) is 1.72. The molecule has 0 radical (unpaired) electrons. The van der Waals surface area contributed by atoms with Crippen molar-refractivity contribution in [1.29, 1.82) is 0 Å². The zero-order valence-electron chi connectivity index (χ0n) is 10.8. The first-order valence-electron chi connectivity index (χ1n) is 6.15. The van der Waals surface area contributed by atoms with Crippen molar-refractivity contribution < 1.29 is 4.74 Å². The first kappa shape index (κ1) is 13.5. The molecule has 0 spiro atoms. The first-order chi connectivity index (χ1) is 9.29. The molecule has 1 heterocycles. The van der Waals surface area contributed by atoms with E-state index in [4.69, 9.17) is 4.74 Å². The quantitative estimate of drug-likeness (QED) is 0.764. The van der Waals surface area contributed by atoms with E-state index in [0.717, 1.165) is 17.8 Å². The second-order valence-electron chi connectivity index (χ2n) is 4.12. The Bertz CT molecular complexity index is 566. The molecule has 0 saturated carbocycles. The Hall–Kier alpha value is -1.98. The number of H-pyrrole nitrogens is 1. The maximum atomic E-state index is 11.6. The van der Waals surface area contributed by atoms with E-state index in [1.54, 1.807) is 7.11 Å². The van der Waals surface area contributed by atoms with Crippen LogP contribution < -0.4 is 10.9 Å². The van der Waals surface area contributed by atoms with Crippen LogP contribution in [0.4, 0.5) is 0 Å². The van der Waals surface area contributed by atoms with E-state index >= 15 is 0 Å². The molecular weight excluding hydrogens is 242 g/mol. The normalized spacial score (nSPS) is 10.6. The van der Waals surface area contributed by atoms with Crippen molar-refractivity contribution in [3.05, 3.63) is 52.4 Å². The zero-order chi connectivity index (χ0) is 13.5. The molecule has 5 heteroatoms. The average Bonchev–Trinajstić information content (AvgIpc) is 2.44. The standard InChI is InChI=1S/C14H17N3O2/c1-19-8-7-15-10-12-9-13(18)17-14(16-12)11-5-3-2-4-6-11/h2-6,9,15H,7-8,10H2,1H3,(H,16,17,18). The van der Waals surface area contributed by atoms with Crippen LogP contribution in [0, 0.1) is 0 Å². The van der Waals surface area contributed by atoms with Crippen LogP contribution >= 0.6 is 0 Å². The molecule has 2 N–H and O–H groups in total. The molecule has 0 atom stereocenters. The number of ether oxygens (including phenoxy) is 1. The topological polar surface area (TPSA) is 67.0 Å². The van der Waals surface area contributed by atoms with Crippen LogP contribution in [0.3, 0.4) is 0 Å². The summed E-state index contributed by atoms with van der Waals surface area (Å²) in [7, 11) is 1.65. The summed E-state index contributed by atoms with van der Waals surface area (Å²) in [6, 6.07) is 11.1. The molecule has 2 aromatic rings. The summed E-state index contributed by atoms with van der Waals surface area (Å²) in [5.74, 6) is 0.594. The van der Waals surface area contributed by atoms with Crippen LogP contribution in [0.1, 0.15) is 5.69 Å².